The van der Waals surface area contributed by atoms with Gasteiger partial charge in [0.1, 0.15) is 48.3 Å². The number of hydrogen-bond donors (Lipinski definition) is 7. The molecule has 7 N–H and O–H groups in total. The first-order valence-corrected chi connectivity index (χ1v) is 16.3. The first-order chi connectivity index (χ1) is 23.2. The van der Waals surface area contributed by atoms with Crippen LogP contribution in [-0.4, -0.2) is 73.0 Å². The van der Waals surface area contributed by atoms with E-state index in [9.17, 15) is 40.1 Å². The van der Waals surface area contributed by atoms with Crippen LogP contribution < -0.4 is 4.90 Å². The quantitative estimate of drug-likeness (QED) is 0.130. The third-order valence-electron chi connectivity index (χ3n) is 9.76. The molecule has 4 aromatic carbocycles. The molecule has 254 valence electrons. The number of anilines is 1. The van der Waals surface area contributed by atoms with Crippen LogP contribution in [0.2, 0.25) is 0 Å². The van der Waals surface area contributed by atoms with Crippen molar-refractivity contribution in [1.82, 2.24) is 0 Å². The van der Waals surface area contributed by atoms with Crippen molar-refractivity contribution in [3.05, 3.63) is 120 Å². The lowest BCUT2D eigenvalue weighted by Gasteiger charge is -2.40. The summed E-state index contributed by atoms with van der Waals surface area (Å²) < 4.78 is 19.0. The molecule has 2 fully saturated rings. The first kappa shape index (κ1) is 34.0. The number of benzene rings is 4. The minimum atomic E-state index is -1.47. The number of phenolic OH excluding ortho intramolecular Hbond substituents is 1. The Morgan fingerprint density at radius 1 is 0.812 bits per heavy atom. The molecule has 10 heteroatoms. The molecule has 0 radical (unpaired) electrons. The summed E-state index contributed by atoms with van der Waals surface area (Å²) >= 11 is 0. The van der Waals surface area contributed by atoms with Gasteiger partial charge in [-0.2, -0.15) is 0 Å². The number of halogens is 1. The molecular weight excluding hydrogens is 617 g/mol. The second-order valence-electron chi connectivity index (χ2n) is 12.8. The van der Waals surface area contributed by atoms with Gasteiger partial charge in [0.2, 0.25) is 0 Å². The third kappa shape index (κ3) is 6.97. The molecule has 48 heavy (non-hydrogen) atoms. The van der Waals surface area contributed by atoms with E-state index in [1.807, 2.05) is 47.4 Å². The predicted molar refractivity (Wildman–Crippen MR) is 177 cm³/mol. The maximum absolute atomic E-state index is 13.4. The third-order valence-corrected chi connectivity index (χ3v) is 9.76. The van der Waals surface area contributed by atoms with E-state index in [0.717, 1.165) is 16.8 Å². The Morgan fingerprint density at radius 2 is 1.50 bits per heavy atom. The average Bonchev–Trinajstić information content (AvgIpc) is 3.43. The molecule has 4 aromatic rings. The normalized spacial score (nSPS) is 28.0. The van der Waals surface area contributed by atoms with E-state index in [4.69, 9.17) is 4.74 Å². The molecule has 9 nitrogen and oxygen atoms in total. The molecule has 2 aliphatic rings. The Bertz CT molecular complexity index is 1640. The van der Waals surface area contributed by atoms with Gasteiger partial charge in [-0.25, -0.2) is 4.39 Å². The molecule has 0 aromatic heterocycles. The molecule has 0 spiro atoms. The summed E-state index contributed by atoms with van der Waals surface area (Å²) in [4.78, 5) is 1.94. The fourth-order valence-electron chi connectivity index (χ4n) is 7.18. The maximum atomic E-state index is 13.4. The van der Waals surface area contributed by atoms with Crippen LogP contribution in [0.4, 0.5) is 10.1 Å². The number of rotatable bonds is 10. The highest BCUT2D eigenvalue weighted by molar-refractivity contribution is 5.67. The lowest BCUT2D eigenvalue weighted by molar-refractivity contribution is -0.231. The predicted octanol–water partition coefficient (Wildman–Crippen LogP) is 4.50. The Labute approximate surface area is 278 Å². The van der Waals surface area contributed by atoms with Gasteiger partial charge in [-0.05, 0) is 77.8 Å². The van der Waals surface area contributed by atoms with Gasteiger partial charge in [-0.3, -0.25) is 0 Å². The number of hydrogen-bond acceptors (Lipinski definition) is 9. The van der Waals surface area contributed by atoms with Crippen molar-refractivity contribution >= 4 is 5.69 Å². The lowest BCUT2D eigenvalue weighted by Crippen LogP contribution is -2.55. The van der Waals surface area contributed by atoms with E-state index >= 15 is 0 Å². The Hall–Kier alpha value is -3.87. The molecule has 9 atom stereocenters. The number of nitrogens with zero attached hydrogens (tertiary/aromatic N) is 1. The van der Waals surface area contributed by atoms with Crippen molar-refractivity contribution in [2.45, 2.75) is 74.6 Å². The van der Waals surface area contributed by atoms with Crippen LogP contribution in [0.3, 0.4) is 0 Å². The van der Waals surface area contributed by atoms with Crippen molar-refractivity contribution in [1.29, 1.82) is 0 Å². The van der Waals surface area contributed by atoms with Crippen LogP contribution in [0.5, 0.6) is 5.75 Å². The van der Waals surface area contributed by atoms with Gasteiger partial charge in [0.25, 0.3) is 0 Å². The Balaban J connectivity index is 1.22. The van der Waals surface area contributed by atoms with Crippen molar-refractivity contribution in [2.24, 2.45) is 5.92 Å². The second-order valence-corrected chi connectivity index (χ2v) is 12.8. The van der Waals surface area contributed by atoms with Crippen LogP contribution in [0, 0.1) is 11.7 Å². The van der Waals surface area contributed by atoms with Crippen molar-refractivity contribution in [2.75, 3.05) is 11.5 Å². The van der Waals surface area contributed by atoms with Crippen molar-refractivity contribution in [3.8, 4) is 16.9 Å². The van der Waals surface area contributed by atoms with Gasteiger partial charge in [0, 0.05) is 11.3 Å². The van der Waals surface area contributed by atoms with Crippen molar-refractivity contribution in [3.63, 3.8) is 0 Å². The fraction of sp³-hybridized carbons (Fsp3) is 0.368. The van der Waals surface area contributed by atoms with Crippen LogP contribution in [-0.2, 0) is 4.74 Å². The summed E-state index contributed by atoms with van der Waals surface area (Å²) in [5, 5.41) is 73.8. The summed E-state index contributed by atoms with van der Waals surface area (Å²) in [5.74, 6) is -0.317. The number of phenols is 1. The standard InChI is InChI=1S/C38H42FNO8/c39-27-16-13-23(14-17-27)30(42)8-4-5-26-20-33(44)40(28-6-2-1-3-7-28)34(26)29-18-15-25(19-31(29)43)22-9-11-24(12-10-22)38-37(47)36(46)35(45)32(21-41)48-38/h1-3,6-7,9-19,26,30,32-38,41-47H,4-5,8,20-21H2. The summed E-state index contributed by atoms with van der Waals surface area (Å²) in [5.41, 5.74) is 4.22. The number of para-hydroxylation sites is 1. The van der Waals surface area contributed by atoms with E-state index in [-0.39, 0.29) is 23.5 Å². The van der Waals surface area contributed by atoms with Gasteiger partial charge in [0.05, 0.1) is 18.8 Å². The molecule has 2 heterocycles. The van der Waals surface area contributed by atoms with E-state index in [2.05, 4.69) is 0 Å². The van der Waals surface area contributed by atoms with Crippen LogP contribution in [0.1, 0.15) is 60.6 Å². The van der Waals surface area contributed by atoms with Crippen molar-refractivity contribution < 1.29 is 44.9 Å². The highest BCUT2D eigenvalue weighted by Gasteiger charge is 2.44. The topological polar surface area (TPSA) is 154 Å². The summed E-state index contributed by atoms with van der Waals surface area (Å²) in [7, 11) is 0. The smallest absolute Gasteiger partial charge is 0.127 e. The average molecular weight is 660 g/mol. The van der Waals surface area contributed by atoms with Gasteiger partial charge in [-0.15, -0.1) is 0 Å². The molecule has 2 aliphatic heterocycles. The van der Waals surface area contributed by atoms with Gasteiger partial charge >= 0.3 is 0 Å². The summed E-state index contributed by atoms with van der Waals surface area (Å²) in [6.07, 6.45) is -5.47. The largest absolute Gasteiger partial charge is 0.508 e. The van der Waals surface area contributed by atoms with Crippen LogP contribution in [0.15, 0.2) is 97.1 Å². The van der Waals surface area contributed by atoms with E-state index in [0.29, 0.717) is 42.4 Å². The number of aliphatic hydroxyl groups excluding tert-OH is 6. The van der Waals surface area contributed by atoms with E-state index in [1.165, 1.54) is 12.1 Å². The molecule has 0 amide bonds. The fourth-order valence-corrected chi connectivity index (χ4v) is 7.18. The molecule has 0 saturated carbocycles. The first-order valence-electron chi connectivity index (χ1n) is 16.3. The monoisotopic (exact) mass is 659 g/mol. The number of aromatic hydroxyl groups is 1. The number of ether oxygens (including phenoxy) is 1. The minimum absolute atomic E-state index is 0.0322. The molecule has 6 rings (SSSR count). The Kier molecular flexibility index (Phi) is 10.4. The summed E-state index contributed by atoms with van der Waals surface area (Å²) in [6.45, 7) is -0.510. The zero-order valence-corrected chi connectivity index (χ0v) is 26.3. The zero-order chi connectivity index (χ0) is 33.9. The molecule has 0 aliphatic carbocycles. The van der Waals surface area contributed by atoms with Crippen LogP contribution in [0.25, 0.3) is 11.1 Å². The SMILES string of the molecule is OCC1OC(c2ccc(-c3ccc(C4C(CCCC(O)c5ccc(F)cc5)CC(O)N4c4ccccc4)c(O)c3)cc2)C(O)C(O)C1O. The molecule has 2 saturated heterocycles. The minimum Gasteiger partial charge on any atom is -0.508 e. The highest BCUT2D eigenvalue weighted by atomic mass is 19.1. The van der Waals surface area contributed by atoms with E-state index in [1.54, 1.807) is 42.5 Å². The Morgan fingerprint density at radius 3 is 2.17 bits per heavy atom. The molecule has 0 bridgehead atoms. The second kappa shape index (κ2) is 14.7. The lowest BCUT2D eigenvalue weighted by atomic mass is 9.87. The van der Waals surface area contributed by atoms with Crippen LogP contribution >= 0.6 is 0 Å². The molecular formula is C38H42FNO8. The van der Waals surface area contributed by atoms with Gasteiger partial charge < -0.3 is 45.4 Å². The molecule has 9 unspecified atom stereocenters. The summed E-state index contributed by atoms with van der Waals surface area (Å²) in [6, 6.07) is 27.6. The van der Waals surface area contributed by atoms with Gasteiger partial charge in [0.15, 0.2) is 0 Å². The van der Waals surface area contributed by atoms with E-state index < -0.39 is 49.5 Å². The number of aliphatic hydroxyl groups is 6. The highest BCUT2D eigenvalue weighted by Crippen LogP contribution is 2.48. The van der Waals surface area contributed by atoms with Gasteiger partial charge in [-0.1, -0.05) is 73.2 Å². The maximum Gasteiger partial charge on any atom is 0.127 e. The zero-order valence-electron chi connectivity index (χ0n) is 26.3.